The molecule has 5 nitrogen and oxygen atoms in total. The van der Waals surface area contributed by atoms with E-state index >= 15 is 0 Å². The monoisotopic (exact) mass is 281 g/mol. The molecule has 0 amide bonds. The van der Waals surface area contributed by atoms with E-state index in [1.165, 1.54) is 0 Å². The predicted octanol–water partition coefficient (Wildman–Crippen LogP) is 0.577. The molecule has 1 rings (SSSR count). The van der Waals surface area contributed by atoms with Crippen LogP contribution in [0.25, 0.3) is 0 Å². The Kier molecular flexibility index (Phi) is 7.46. The molecule has 1 atom stereocenters. The molecule has 0 radical (unpaired) electrons. The van der Waals surface area contributed by atoms with Crippen LogP contribution in [0.2, 0.25) is 0 Å². The minimum absolute atomic E-state index is 0.618. The van der Waals surface area contributed by atoms with Crippen LogP contribution in [0.3, 0.4) is 0 Å². The van der Waals surface area contributed by atoms with Crippen molar-refractivity contribution in [1.29, 1.82) is 5.26 Å². The van der Waals surface area contributed by atoms with Crippen LogP contribution in [0.5, 0.6) is 0 Å². The molecule has 0 aromatic heterocycles. The Morgan fingerprint density at radius 3 is 2.15 bits per heavy atom. The minimum atomic E-state index is -0.618. The first-order chi connectivity index (χ1) is 9.49. The van der Waals surface area contributed by atoms with E-state index in [1.54, 1.807) is 0 Å². The number of rotatable bonds is 8. The van der Waals surface area contributed by atoms with Gasteiger partial charge in [-0.25, -0.2) is 0 Å². The van der Waals surface area contributed by atoms with Crippen LogP contribution in [0.1, 0.15) is 26.2 Å². The fraction of sp³-hybridized carbons (Fsp3) is 0.933. The first-order valence-electron chi connectivity index (χ1n) is 7.78. The number of hydrogen-bond acceptors (Lipinski definition) is 5. The van der Waals surface area contributed by atoms with Crippen LogP contribution in [0.4, 0.5) is 0 Å². The van der Waals surface area contributed by atoms with Crippen LogP contribution in [0.15, 0.2) is 0 Å². The van der Waals surface area contributed by atoms with Crippen molar-refractivity contribution in [2.24, 2.45) is 5.73 Å². The van der Waals surface area contributed by atoms with Crippen molar-refractivity contribution < 1.29 is 0 Å². The Hall–Kier alpha value is -0.670. The van der Waals surface area contributed by atoms with Gasteiger partial charge in [-0.05, 0) is 39.9 Å². The highest BCUT2D eigenvalue weighted by atomic mass is 15.3. The van der Waals surface area contributed by atoms with Gasteiger partial charge in [-0.3, -0.25) is 4.90 Å². The van der Waals surface area contributed by atoms with Gasteiger partial charge in [0.25, 0.3) is 0 Å². The summed E-state index contributed by atoms with van der Waals surface area (Å²) in [4.78, 5) is 7.27. The van der Waals surface area contributed by atoms with Gasteiger partial charge in [0.15, 0.2) is 0 Å². The summed E-state index contributed by atoms with van der Waals surface area (Å²) in [7, 11) is 4.25. The summed E-state index contributed by atoms with van der Waals surface area (Å²) in [5, 5.41) is 9.06. The zero-order chi connectivity index (χ0) is 15.0. The Morgan fingerprint density at radius 1 is 1.15 bits per heavy atom. The van der Waals surface area contributed by atoms with Gasteiger partial charge in [-0.1, -0.05) is 6.92 Å². The molecule has 0 aromatic carbocycles. The van der Waals surface area contributed by atoms with E-state index in [-0.39, 0.29) is 0 Å². The molecule has 2 N–H and O–H groups in total. The van der Waals surface area contributed by atoms with Gasteiger partial charge in [0.2, 0.25) is 0 Å². The van der Waals surface area contributed by atoms with E-state index in [4.69, 9.17) is 11.0 Å². The van der Waals surface area contributed by atoms with Crippen molar-refractivity contribution in [2.45, 2.75) is 31.7 Å². The summed E-state index contributed by atoms with van der Waals surface area (Å²) in [5.74, 6) is 0. The summed E-state index contributed by atoms with van der Waals surface area (Å²) >= 11 is 0. The van der Waals surface area contributed by atoms with E-state index in [2.05, 4.69) is 34.9 Å². The zero-order valence-corrected chi connectivity index (χ0v) is 13.4. The van der Waals surface area contributed by atoms with Crippen molar-refractivity contribution in [1.82, 2.24) is 14.7 Å². The fourth-order valence-corrected chi connectivity index (χ4v) is 2.51. The maximum absolute atomic E-state index is 9.06. The van der Waals surface area contributed by atoms with Gasteiger partial charge >= 0.3 is 0 Å². The SMILES string of the molecule is CCC(N)(C#N)CCCN1CCN(CCN(C)C)CC1. The minimum Gasteiger partial charge on any atom is -0.313 e. The molecule has 1 aliphatic rings. The van der Waals surface area contributed by atoms with Crippen LogP contribution in [-0.2, 0) is 0 Å². The van der Waals surface area contributed by atoms with Crippen LogP contribution in [-0.4, -0.2) is 80.1 Å². The summed E-state index contributed by atoms with van der Waals surface area (Å²) in [6.45, 7) is 9.97. The molecule has 0 bridgehead atoms. The van der Waals surface area contributed by atoms with Crippen molar-refractivity contribution in [2.75, 3.05) is 59.9 Å². The van der Waals surface area contributed by atoms with Gasteiger partial charge in [0.05, 0.1) is 6.07 Å². The largest absolute Gasteiger partial charge is 0.313 e. The standard InChI is InChI=1S/C15H31N5/c1-4-15(17,14-16)6-5-7-19-10-12-20(13-11-19)9-8-18(2)3/h4-13,17H2,1-3H3. The lowest BCUT2D eigenvalue weighted by atomic mass is 9.93. The van der Waals surface area contributed by atoms with Crippen LogP contribution < -0.4 is 5.73 Å². The molecular weight excluding hydrogens is 250 g/mol. The normalized spacial score (nSPS) is 20.8. The van der Waals surface area contributed by atoms with Gasteiger partial charge in [0.1, 0.15) is 5.54 Å². The number of hydrogen-bond donors (Lipinski definition) is 1. The topological polar surface area (TPSA) is 59.5 Å². The van der Waals surface area contributed by atoms with Crippen molar-refractivity contribution in [3.8, 4) is 6.07 Å². The predicted molar refractivity (Wildman–Crippen MR) is 83.5 cm³/mol. The van der Waals surface area contributed by atoms with E-state index in [1.807, 2.05) is 6.92 Å². The highest BCUT2D eigenvalue weighted by molar-refractivity contribution is 5.03. The fourth-order valence-electron chi connectivity index (χ4n) is 2.51. The number of likely N-dealkylation sites (N-methyl/N-ethyl adjacent to an activating group) is 1. The third-order valence-corrected chi connectivity index (χ3v) is 4.28. The maximum atomic E-state index is 9.06. The van der Waals surface area contributed by atoms with Gasteiger partial charge in [-0.2, -0.15) is 5.26 Å². The van der Waals surface area contributed by atoms with E-state index in [0.717, 1.165) is 65.1 Å². The quantitative estimate of drug-likeness (QED) is 0.705. The highest BCUT2D eigenvalue weighted by Crippen LogP contribution is 2.14. The summed E-state index contributed by atoms with van der Waals surface area (Å²) in [6, 6.07) is 2.25. The smallest absolute Gasteiger partial charge is 0.104 e. The third kappa shape index (κ3) is 6.19. The lowest BCUT2D eigenvalue weighted by Gasteiger charge is -2.35. The Morgan fingerprint density at radius 2 is 1.70 bits per heavy atom. The molecule has 0 aliphatic carbocycles. The van der Waals surface area contributed by atoms with E-state index in [0.29, 0.717) is 0 Å². The maximum Gasteiger partial charge on any atom is 0.104 e. The second kappa shape index (κ2) is 8.58. The molecule has 1 unspecified atom stereocenters. The molecule has 20 heavy (non-hydrogen) atoms. The molecule has 0 aromatic rings. The molecule has 1 fully saturated rings. The lowest BCUT2D eigenvalue weighted by molar-refractivity contribution is 0.123. The van der Waals surface area contributed by atoms with Gasteiger partial charge in [0, 0.05) is 39.3 Å². The molecule has 1 heterocycles. The molecule has 1 aliphatic heterocycles. The number of nitrogens with two attached hydrogens (primary N) is 1. The Labute approximate surface area is 124 Å². The first-order valence-corrected chi connectivity index (χ1v) is 7.78. The number of piperazine rings is 1. The molecule has 0 saturated carbocycles. The third-order valence-electron chi connectivity index (χ3n) is 4.28. The summed E-state index contributed by atoms with van der Waals surface area (Å²) in [5.41, 5.74) is 5.39. The lowest BCUT2D eigenvalue weighted by Crippen LogP contribution is -2.48. The molecule has 0 spiro atoms. The average molecular weight is 281 g/mol. The molecular formula is C15H31N5. The van der Waals surface area contributed by atoms with Crippen molar-refractivity contribution in [3.05, 3.63) is 0 Å². The highest BCUT2D eigenvalue weighted by Gasteiger charge is 2.22. The summed E-state index contributed by atoms with van der Waals surface area (Å²) < 4.78 is 0. The Balaban J connectivity index is 2.15. The van der Waals surface area contributed by atoms with Crippen molar-refractivity contribution in [3.63, 3.8) is 0 Å². The van der Waals surface area contributed by atoms with E-state index in [9.17, 15) is 0 Å². The van der Waals surface area contributed by atoms with Crippen LogP contribution >= 0.6 is 0 Å². The van der Waals surface area contributed by atoms with Crippen LogP contribution in [0, 0.1) is 11.3 Å². The van der Waals surface area contributed by atoms with Gasteiger partial charge in [-0.15, -0.1) is 0 Å². The van der Waals surface area contributed by atoms with E-state index < -0.39 is 5.54 Å². The molecule has 1 saturated heterocycles. The first kappa shape index (κ1) is 17.4. The number of nitrogens with zero attached hydrogens (tertiary/aromatic N) is 4. The molecule has 5 heteroatoms. The average Bonchev–Trinajstić information content (AvgIpc) is 2.46. The Bertz CT molecular complexity index is 304. The second-order valence-electron chi connectivity index (χ2n) is 6.21. The number of nitriles is 1. The summed E-state index contributed by atoms with van der Waals surface area (Å²) in [6.07, 6.45) is 2.57. The van der Waals surface area contributed by atoms with Crippen molar-refractivity contribution >= 4 is 0 Å². The molecule has 116 valence electrons. The zero-order valence-electron chi connectivity index (χ0n) is 13.4. The second-order valence-corrected chi connectivity index (χ2v) is 6.21. The van der Waals surface area contributed by atoms with Gasteiger partial charge < -0.3 is 15.5 Å².